The van der Waals surface area contributed by atoms with Gasteiger partial charge in [0.15, 0.2) is 11.5 Å². The highest BCUT2D eigenvalue weighted by atomic mass is 16.5. The molecule has 1 fully saturated rings. The van der Waals surface area contributed by atoms with Crippen molar-refractivity contribution < 1.29 is 14.2 Å². The molecule has 0 saturated carbocycles. The Hall–Kier alpha value is -2.46. The molecule has 0 radical (unpaired) electrons. The Bertz CT molecular complexity index is 1080. The molecule has 3 aromatic rings. The van der Waals surface area contributed by atoms with Gasteiger partial charge in [-0.1, -0.05) is 18.9 Å². The van der Waals surface area contributed by atoms with Crippen LogP contribution in [0.3, 0.4) is 0 Å². The topological polar surface area (TPSA) is 30.9 Å². The van der Waals surface area contributed by atoms with Crippen LogP contribution in [-0.4, -0.2) is 38.8 Å². The lowest BCUT2D eigenvalue weighted by molar-refractivity contribution is 0.177. The van der Waals surface area contributed by atoms with E-state index in [9.17, 15) is 0 Å². The van der Waals surface area contributed by atoms with Crippen molar-refractivity contribution in [3.8, 4) is 17.2 Å². The number of nitrogens with zero attached hydrogens (tertiary/aromatic N) is 1. The Morgan fingerprint density at radius 3 is 2.28 bits per heavy atom. The van der Waals surface area contributed by atoms with Crippen LogP contribution in [0.5, 0.6) is 17.2 Å². The Balaban J connectivity index is 1.82. The smallest absolute Gasteiger partial charge is 0.161 e. The molecule has 2 aliphatic rings. The third-order valence-electron chi connectivity index (χ3n) is 6.86. The second-order valence-corrected chi connectivity index (χ2v) is 8.30. The van der Waals surface area contributed by atoms with Crippen LogP contribution in [0.4, 0.5) is 0 Å². The standard InChI is InChI=1S/C25H29NO3/c1-27-17-8-9-18-20(12-17)22-14-25(29-3)24(28-2)13-21(22)19-11-16-7-5-4-6-10-26(16)15-23(18)19/h8-9,12-14,16H,4-7,10-11,15H2,1-3H3/t16-/m1/s1. The van der Waals surface area contributed by atoms with Gasteiger partial charge in [-0.2, -0.15) is 0 Å². The molecule has 0 spiro atoms. The molecule has 0 unspecified atom stereocenters. The van der Waals surface area contributed by atoms with Crippen LogP contribution in [0.2, 0.25) is 0 Å². The minimum Gasteiger partial charge on any atom is -0.497 e. The average Bonchev–Trinajstić information content (AvgIpc) is 3.01. The quantitative estimate of drug-likeness (QED) is 0.566. The first-order chi connectivity index (χ1) is 14.2. The molecular weight excluding hydrogens is 362 g/mol. The number of hydrogen-bond acceptors (Lipinski definition) is 4. The lowest BCUT2D eigenvalue weighted by atomic mass is 9.84. The van der Waals surface area contributed by atoms with E-state index in [4.69, 9.17) is 14.2 Å². The Kier molecular flexibility index (Phi) is 4.75. The van der Waals surface area contributed by atoms with E-state index in [1.54, 1.807) is 21.3 Å². The first-order valence-electron chi connectivity index (χ1n) is 10.6. The van der Waals surface area contributed by atoms with Gasteiger partial charge in [0, 0.05) is 12.6 Å². The van der Waals surface area contributed by atoms with Crippen molar-refractivity contribution >= 4 is 21.5 Å². The monoisotopic (exact) mass is 391 g/mol. The lowest BCUT2D eigenvalue weighted by Crippen LogP contribution is -2.40. The molecule has 0 aromatic heterocycles. The van der Waals surface area contributed by atoms with E-state index in [1.807, 2.05) is 0 Å². The van der Waals surface area contributed by atoms with Crippen molar-refractivity contribution in [3.05, 3.63) is 41.5 Å². The van der Waals surface area contributed by atoms with Gasteiger partial charge in [-0.25, -0.2) is 0 Å². The summed E-state index contributed by atoms with van der Waals surface area (Å²) in [5.41, 5.74) is 2.96. The van der Waals surface area contributed by atoms with Gasteiger partial charge in [-0.15, -0.1) is 0 Å². The van der Waals surface area contributed by atoms with E-state index >= 15 is 0 Å². The van der Waals surface area contributed by atoms with E-state index in [0.717, 1.165) is 30.2 Å². The number of hydrogen-bond donors (Lipinski definition) is 0. The maximum atomic E-state index is 5.66. The highest BCUT2D eigenvalue weighted by molar-refractivity contribution is 6.12. The van der Waals surface area contributed by atoms with Crippen molar-refractivity contribution in [2.24, 2.45) is 0 Å². The number of benzene rings is 3. The highest BCUT2D eigenvalue weighted by Crippen LogP contribution is 2.43. The van der Waals surface area contributed by atoms with Gasteiger partial charge < -0.3 is 14.2 Å². The number of rotatable bonds is 3. The van der Waals surface area contributed by atoms with E-state index < -0.39 is 0 Å². The highest BCUT2D eigenvalue weighted by Gasteiger charge is 2.30. The van der Waals surface area contributed by atoms with Gasteiger partial charge in [0.2, 0.25) is 0 Å². The number of ether oxygens (including phenoxy) is 3. The van der Waals surface area contributed by atoms with Crippen LogP contribution in [0.25, 0.3) is 21.5 Å². The number of methoxy groups -OCH3 is 3. The molecule has 5 rings (SSSR count). The average molecular weight is 392 g/mol. The molecule has 0 bridgehead atoms. The Labute approximate surface area is 172 Å². The number of fused-ring (bicyclic) bond motifs is 7. The summed E-state index contributed by atoms with van der Waals surface area (Å²) in [6, 6.07) is 11.5. The minimum atomic E-state index is 0.650. The van der Waals surface area contributed by atoms with Gasteiger partial charge in [-0.3, -0.25) is 4.90 Å². The van der Waals surface area contributed by atoms with Gasteiger partial charge in [0.1, 0.15) is 5.75 Å². The van der Waals surface area contributed by atoms with Crippen LogP contribution in [0.1, 0.15) is 36.8 Å². The van der Waals surface area contributed by atoms with Crippen LogP contribution in [-0.2, 0) is 13.0 Å². The molecule has 1 saturated heterocycles. The predicted molar refractivity (Wildman–Crippen MR) is 117 cm³/mol. The maximum Gasteiger partial charge on any atom is 0.161 e. The SMILES string of the molecule is COc1ccc2c3c(c4cc(OC)c(OC)cc4c2c1)C[C@H]1CCCCCN1C3. The molecule has 1 atom stereocenters. The molecule has 4 nitrogen and oxygen atoms in total. The normalized spacial score (nSPS) is 19.5. The molecule has 3 aromatic carbocycles. The minimum absolute atomic E-state index is 0.650. The third-order valence-corrected chi connectivity index (χ3v) is 6.86. The molecule has 4 heteroatoms. The zero-order chi connectivity index (χ0) is 20.0. The van der Waals surface area contributed by atoms with Crippen LogP contribution >= 0.6 is 0 Å². The van der Waals surface area contributed by atoms with Crippen molar-refractivity contribution in [2.45, 2.75) is 44.7 Å². The summed E-state index contributed by atoms with van der Waals surface area (Å²) in [4.78, 5) is 2.71. The summed E-state index contributed by atoms with van der Waals surface area (Å²) >= 11 is 0. The predicted octanol–water partition coefficient (Wildman–Crippen LogP) is 5.32. The fourth-order valence-corrected chi connectivity index (χ4v) is 5.34. The van der Waals surface area contributed by atoms with Crippen LogP contribution in [0.15, 0.2) is 30.3 Å². The van der Waals surface area contributed by atoms with E-state index in [1.165, 1.54) is 64.9 Å². The molecule has 0 amide bonds. The fourth-order valence-electron chi connectivity index (χ4n) is 5.34. The summed E-state index contributed by atoms with van der Waals surface area (Å²) in [6.45, 7) is 2.25. The van der Waals surface area contributed by atoms with Crippen LogP contribution in [0, 0.1) is 0 Å². The zero-order valence-electron chi connectivity index (χ0n) is 17.6. The molecule has 0 aliphatic carbocycles. The second kappa shape index (κ2) is 7.42. The second-order valence-electron chi connectivity index (χ2n) is 8.30. The summed E-state index contributed by atoms with van der Waals surface area (Å²) in [6.07, 6.45) is 6.43. The summed E-state index contributed by atoms with van der Waals surface area (Å²) in [5.74, 6) is 2.46. The molecule has 29 heavy (non-hydrogen) atoms. The van der Waals surface area contributed by atoms with Gasteiger partial charge in [-0.05, 0) is 82.7 Å². The van der Waals surface area contributed by atoms with Gasteiger partial charge >= 0.3 is 0 Å². The summed E-state index contributed by atoms with van der Waals surface area (Å²) in [7, 11) is 5.15. The molecule has 0 N–H and O–H groups in total. The molecule has 152 valence electrons. The maximum absolute atomic E-state index is 5.66. The van der Waals surface area contributed by atoms with Crippen molar-refractivity contribution in [1.29, 1.82) is 0 Å². The Morgan fingerprint density at radius 2 is 1.52 bits per heavy atom. The largest absolute Gasteiger partial charge is 0.497 e. The molecular formula is C25H29NO3. The fraction of sp³-hybridized carbons (Fsp3) is 0.440. The molecule has 2 heterocycles. The third kappa shape index (κ3) is 3.01. The zero-order valence-corrected chi connectivity index (χ0v) is 17.6. The van der Waals surface area contributed by atoms with E-state index in [-0.39, 0.29) is 0 Å². The lowest BCUT2D eigenvalue weighted by Gasteiger charge is -2.37. The van der Waals surface area contributed by atoms with Crippen LogP contribution < -0.4 is 14.2 Å². The molecule has 2 aliphatic heterocycles. The van der Waals surface area contributed by atoms with Gasteiger partial charge in [0.25, 0.3) is 0 Å². The Morgan fingerprint density at radius 1 is 0.759 bits per heavy atom. The first kappa shape index (κ1) is 18.6. The van der Waals surface area contributed by atoms with E-state index in [0.29, 0.717) is 6.04 Å². The first-order valence-corrected chi connectivity index (χ1v) is 10.6. The summed E-state index contributed by atoms with van der Waals surface area (Å²) in [5, 5.41) is 5.08. The van der Waals surface area contributed by atoms with Crippen molar-refractivity contribution in [1.82, 2.24) is 4.90 Å². The van der Waals surface area contributed by atoms with Crippen molar-refractivity contribution in [3.63, 3.8) is 0 Å². The van der Waals surface area contributed by atoms with Gasteiger partial charge in [0.05, 0.1) is 21.3 Å². The van der Waals surface area contributed by atoms with Crippen molar-refractivity contribution in [2.75, 3.05) is 27.9 Å². The van der Waals surface area contributed by atoms with E-state index in [2.05, 4.69) is 35.2 Å². The summed E-state index contributed by atoms with van der Waals surface area (Å²) < 4.78 is 16.8.